The Hall–Kier alpha value is -1.91. The van der Waals surface area contributed by atoms with Crippen molar-refractivity contribution in [1.29, 1.82) is 0 Å². The summed E-state index contributed by atoms with van der Waals surface area (Å²) < 4.78 is 2.11. The van der Waals surface area contributed by atoms with Gasteiger partial charge in [-0.3, -0.25) is 14.6 Å². The van der Waals surface area contributed by atoms with Crippen LogP contribution in [0.25, 0.3) is 0 Å². The zero-order chi connectivity index (χ0) is 18.4. The van der Waals surface area contributed by atoms with Crippen molar-refractivity contribution in [2.45, 2.75) is 26.4 Å². The number of Topliss-reactive ketones (excluding diaryl/α,β-unsaturated/α-hetero) is 1. The average molecular weight is 351 g/mol. The molecule has 4 rings (SSSR count). The van der Waals surface area contributed by atoms with Gasteiger partial charge in [0, 0.05) is 56.7 Å². The number of hydrogen-bond acceptors (Lipinski definition) is 3. The van der Waals surface area contributed by atoms with E-state index < -0.39 is 0 Å². The third kappa shape index (κ3) is 3.01. The van der Waals surface area contributed by atoms with Crippen LogP contribution in [-0.4, -0.2) is 46.8 Å². The molecule has 3 heterocycles. The summed E-state index contributed by atoms with van der Waals surface area (Å²) in [5.41, 5.74) is 4.94. The van der Waals surface area contributed by atoms with E-state index in [1.165, 1.54) is 23.4 Å². The van der Waals surface area contributed by atoms with Gasteiger partial charge in [-0.05, 0) is 49.9 Å². The third-order valence-corrected chi connectivity index (χ3v) is 6.38. The molecule has 4 heteroatoms. The molecule has 3 atom stereocenters. The number of benzene rings is 1. The number of rotatable bonds is 4. The molecule has 2 aromatic rings. The molecule has 0 radical (unpaired) electrons. The van der Waals surface area contributed by atoms with Gasteiger partial charge in [-0.15, -0.1) is 0 Å². The second-order valence-electron chi connectivity index (χ2n) is 8.25. The first-order valence-electron chi connectivity index (χ1n) is 9.58. The standard InChI is InChI=1S/C22H29N3O/c1-15-7-5-6-8-20(15)22-21-14-25(12-18(21)11-24(22)4)13-19-9-17(16(2)26)10-23(19)3/h5-10,18,21-22H,11-14H2,1-4H3/t18-,21+,22+/m0/s1. The molecule has 1 aromatic heterocycles. The minimum Gasteiger partial charge on any atom is -0.353 e. The van der Waals surface area contributed by atoms with Gasteiger partial charge in [-0.1, -0.05) is 24.3 Å². The number of likely N-dealkylation sites (tertiary alicyclic amines) is 2. The van der Waals surface area contributed by atoms with Crippen LogP contribution in [0.2, 0.25) is 0 Å². The minimum atomic E-state index is 0.145. The second kappa shape index (κ2) is 6.67. The normalized spacial score (nSPS) is 26.4. The summed E-state index contributed by atoms with van der Waals surface area (Å²) in [6, 6.07) is 11.4. The molecule has 2 aliphatic rings. The second-order valence-corrected chi connectivity index (χ2v) is 8.25. The highest BCUT2D eigenvalue weighted by atomic mass is 16.1. The molecule has 2 saturated heterocycles. The molecule has 2 aliphatic heterocycles. The van der Waals surface area contributed by atoms with E-state index in [2.05, 4.69) is 58.7 Å². The molecule has 2 fully saturated rings. The van der Waals surface area contributed by atoms with E-state index in [1.54, 1.807) is 6.92 Å². The Morgan fingerprint density at radius 1 is 1.15 bits per heavy atom. The van der Waals surface area contributed by atoms with E-state index in [0.29, 0.717) is 12.0 Å². The summed E-state index contributed by atoms with van der Waals surface area (Å²) in [4.78, 5) is 16.8. The fourth-order valence-electron chi connectivity index (χ4n) is 5.05. The van der Waals surface area contributed by atoms with Crippen LogP contribution in [0.5, 0.6) is 0 Å². The highest BCUT2D eigenvalue weighted by molar-refractivity contribution is 5.94. The number of ketones is 1. The molecule has 0 N–H and O–H groups in total. The molecule has 26 heavy (non-hydrogen) atoms. The number of carbonyl (C=O) groups is 1. The van der Waals surface area contributed by atoms with Gasteiger partial charge >= 0.3 is 0 Å². The monoisotopic (exact) mass is 351 g/mol. The zero-order valence-electron chi connectivity index (χ0n) is 16.3. The number of aromatic nitrogens is 1. The summed E-state index contributed by atoms with van der Waals surface area (Å²) in [6.07, 6.45) is 1.96. The van der Waals surface area contributed by atoms with Crippen molar-refractivity contribution in [2.75, 3.05) is 26.7 Å². The first-order valence-corrected chi connectivity index (χ1v) is 9.58. The van der Waals surface area contributed by atoms with Gasteiger partial charge in [0.1, 0.15) is 0 Å². The number of hydrogen-bond donors (Lipinski definition) is 0. The van der Waals surface area contributed by atoms with Crippen LogP contribution in [0.4, 0.5) is 0 Å². The first-order chi connectivity index (χ1) is 12.4. The van der Waals surface area contributed by atoms with Crippen LogP contribution in [-0.2, 0) is 13.6 Å². The van der Waals surface area contributed by atoms with Crippen LogP contribution < -0.4 is 0 Å². The van der Waals surface area contributed by atoms with Gasteiger partial charge in [0.25, 0.3) is 0 Å². The summed E-state index contributed by atoms with van der Waals surface area (Å²) >= 11 is 0. The van der Waals surface area contributed by atoms with Crippen molar-refractivity contribution >= 4 is 5.78 Å². The van der Waals surface area contributed by atoms with E-state index in [9.17, 15) is 4.79 Å². The van der Waals surface area contributed by atoms with Gasteiger partial charge in [0.05, 0.1) is 0 Å². The Kier molecular flexibility index (Phi) is 4.49. The van der Waals surface area contributed by atoms with Crippen LogP contribution in [0, 0.1) is 18.8 Å². The fraction of sp³-hybridized carbons (Fsp3) is 0.500. The SMILES string of the molecule is CC(=O)c1cc(CN2C[C@@H]3CN(C)[C@H](c4ccccc4C)[C@@H]3C2)n(C)c1. The van der Waals surface area contributed by atoms with Crippen LogP contribution >= 0.6 is 0 Å². The fourth-order valence-corrected chi connectivity index (χ4v) is 5.05. The van der Waals surface area contributed by atoms with Crippen LogP contribution in [0.1, 0.15) is 40.1 Å². The van der Waals surface area contributed by atoms with Crippen molar-refractivity contribution in [3.8, 4) is 0 Å². The smallest absolute Gasteiger partial charge is 0.161 e. The van der Waals surface area contributed by atoms with E-state index in [-0.39, 0.29) is 5.78 Å². The Morgan fingerprint density at radius 2 is 1.92 bits per heavy atom. The Labute approximate surface area is 156 Å². The van der Waals surface area contributed by atoms with Crippen molar-refractivity contribution in [3.63, 3.8) is 0 Å². The lowest BCUT2D eigenvalue weighted by Gasteiger charge is -2.28. The molecule has 0 aliphatic carbocycles. The minimum absolute atomic E-state index is 0.145. The van der Waals surface area contributed by atoms with Gasteiger partial charge in [-0.25, -0.2) is 0 Å². The highest BCUT2D eigenvalue weighted by Gasteiger charge is 2.46. The summed E-state index contributed by atoms with van der Waals surface area (Å²) in [5.74, 6) is 1.57. The number of carbonyl (C=O) groups excluding carboxylic acids is 1. The highest BCUT2D eigenvalue weighted by Crippen LogP contribution is 2.45. The van der Waals surface area contributed by atoms with Crippen LogP contribution in [0.15, 0.2) is 36.5 Å². The van der Waals surface area contributed by atoms with Crippen molar-refractivity contribution in [2.24, 2.45) is 18.9 Å². The lowest BCUT2D eigenvalue weighted by molar-refractivity contribution is 0.101. The largest absolute Gasteiger partial charge is 0.353 e. The molecule has 4 nitrogen and oxygen atoms in total. The van der Waals surface area contributed by atoms with Gasteiger partial charge in [0.2, 0.25) is 0 Å². The van der Waals surface area contributed by atoms with Crippen LogP contribution in [0.3, 0.4) is 0 Å². The maximum atomic E-state index is 11.6. The van der Waals surface area contributed by atoms with E-state index >= 15 is 0 Å². The molecular formula is C22H29N3O. The Balaban J connectivity index is 1.51. The molecule has 138 valence electrons. The molecule has 0 saturated carbocycles. The van der Waals surface area contributed by atoms with E-state index in [4.69, 9.17) is 0 Å². The lowest BCUT2D eigenvalue weighted by Crippen LogP contribution is -2.29. The third-order valence-electron chi connectivity index (χ3n) is 6.38. The maximum Gasteiger partial charge on any atom is 0.161 e. The number of aryl methyl sites for hydroxylation is 2. The maximum absolute atomic E-state index is 11.6. The number of fused-ring (bicyclic) bond motifs is 1. The van der Waals surface area contributed by atoms with Gasteiger partial charge in [-0.2, -0.15) is 0 Å². The average Bonchev–Trinajstić information content (AvgIpc) is 3.22. The van der Waals surface area contributed by atoms with Crippen molar-refractivity contribution < 1.29 is 4.79 Å². The summed E-state index contributed by atoms with van der Waals surface area (Å²) in [5, 5.41) is 0. The molecule has 0 bridgehead atoms. The zero-order valence-corrected chi connectivity index (χ0v) is 16.3. The lowest BCUT2D eigenvalue weighted by atomic mass is 9.88. The topological polar surface area (TPSA) is 28.5 Å². The molecule has 0 amide bonds. The first kappa shape index (κ1) is 17.5. The van der Waals surface area contributed by atoms with E-state index in [0.717, 1.165) is 31.1 Å². The predicted octanol–water partition coefficient (Wildman–Crippen LogP) is 3.27. The molecule has 1 aromatic carbocycles. The Morgan fingerprint density at radius 3 is 2.62 bits per heavy atom. The summed E-state index contributed by atoms with van der Waals surface area (Å²) in [6.45, 7) is 8.26. The van der Waals surface area contributed by atoms with Crippen molar-refractivity contribution in [3.05, 3.63) is 58.9 Å². The molecule has 0 unspecified atom stereocenters. The van der Waals surface area contributed by atoms with Gasteiger partial charge < -0.3 is 4.57 Å². The quantitative estimate of drug-likeness (QED) is 0.792. The predicted molar refractivity (Wildman–Crippen MR) is 104 cm³/mol. The van der Waals surface area contributed by atoms with Gasteiger partial charge in [0.15, 0.2) is 5.78 Å². The van der Waals surface area contributed by atoms with Crippen molar-refractivity contribution in [1.82, 2.24) is 14.4 Å². The molecule has 0 spiro atoms. The number of nitrogens with zero attached hydrogens (tertiary/aromatic N) is 3. The van der Waals surface area contributed by atoms with E-state index in [1.807, 2.05) is 13.2 Å². The Bertz CT molecular complexity index is 825. The summed E-state index contributed by atoms with van der Waals surface area (Å²) in [7, 11) is 4.32. The molecular weight excluding hydrogens is 322 g/mol.